The van der Waals surface area contributed by atoms with Gasteiger partial charge in [-0.05, 0) is 25.5 Å². The van der Waals surface area contributed by atoms with Crippen LogP contribution in [-0.4, -0.2) is 28.3 Å². The number of nitrogens with zero attached hydrogens (tertiary/aromatic N) is 3. The standard InChI is InChI=1S/C25H24F3N3O2/c1-16(15-32)33-21-14-20(25(26,27)28)22-23(19-12-8-5-9-13-19)29-30(3)24(22)31(21)17(2)18-10-6-4-7-11-18/h4-17,20H,1-3H3. The molecule has 1 aliphatic rings. The number of aromatic nitrogens is 2. The van der Waals surface area contributed by atoms with E-state index in [4.69, 9.17) is 4.74 Å². The van der Waals surface area contributed by atoms with Gasteiger partial charge in [-0.25, -0.2) is 0 Å². The van der Waals surface area contributed by atoms with E-state index in [1.165, 1.54) is 11.6 Å². The van der Waals surface area contributed by atoms with Crippen LogP contribution in [0.25, 0.3) is 11.3 Å². The summed E-state index contributed by atoms with van der Waals surface area (Å²) in [6.07, 6.45) is -3.89. The smallest absolute Gasteiger partial charge is 0.399 e. The van der Waals surface area contributed by atoms with Gasteiger partial charge in [-0.2, -0.15) is 18.3 Å². The fourth-order valence-corrected chi connectivity index (χ4v) is 4.15. The number of carbonyl (C=O) groups excluding carboxylic acids is 1. The molecule has 33 heavy (non-hydrogen) atoms. The van der Waals surface area contributed by atoms with E-state index in [2.05, 4.69) is 5.10 Å². The van der Waals surface area contributed by atoms with Gasteiger partial charge in [-0.15, -0.1) is 0 Å². The predicted molar refractivity (Wildman–Crippen MR) is 119 cm³/mol. The highest BCUT2D eigenvalue weighted by molar-refractivity contribution is 5.75. The molecule has 0 bridgehead atoms. The van der Waals surface area contributed by atoms with Crippen molar-refractivity contribution in [2.24, 2.45) is 7.05 Å². The summed E-state index contributed by atoms with van der Waals surface area (Å²) in [5.41, 5.74) is 1.80. The normalized spacial score (nSPS) is 17.7. The third kappa shape index (κ3) is 4.25. The van der Waals surface area contributed by atoms with Gasteiger partial charge in [-0.3, -0.25) is 14.4 Å². The Kier molecular flexibility index (Phi) is 6.01. The summed E-state index contributed by atoms with van der Waals surface area (Å²) in [4.78, 5) is 13.0. The predicted octanol–water partition coefficient (Wildman–Crippen LogP) is 5.76. The van der Waals surface area contributed by atoms with Crippen LogP contribution in [0, 0.1) is 0 Å². The minimum Gasteiger partial charge on any atom is -0.468 e. The lowest BCUT2D eigenvalue weighted by atomic mass is 9.91. The van der Waals surface area contributed by atoms with Crippen molar-refractivity contribution >= 4 is 12.1 Å². The molecular formula is C25H24F3N3O2. The lowest BCUT2D eigenvalue weighted by Crippen LogP contribution is -2.37. The number of aryl methyl sites for hydroxylation is 1. The molecule has 0 fully saturated rings. The van der Waals surface area contributed by atoms with Crippen molar-refractivity contribution in [1.82, 2.24) is 9.78 Å². The highest BCUT2D eigenvalue weighted by atomic mass is 19.4. The molecule has 3 aromatic rings. The van der Waals surface area contributed by atoms with Crippen molar-refractivity contribution in [2.45, 2.75) is 38.1 Å². The second-order valence-electron chi connectivity index (χ2n) is 8.02. The SMILES string of the molecule is CC(C=O)OC1=CC(C(F)(F)F)c2c(-c3ccccc3)nn(C)c2N1C(C)c1ccccc1. The Morgan fingerprint density at radius 1 is 1.03 bits per heavy atom. The van der Waals surface area contributed by atoms with Crippen molar-refractivity contribution in [3.63, 3.8) is 0 Å². The minimum absolute atomic E-state index is 0.0246. The summed E-state index contributed by atoms with van der Waals surface area (Å²) in [7, 11) is 1.62. The van der Waals surface area contributed by atoms with Crippen molar-refractivity contribution in [3.8, 4) is 11.3 Å². The molecule has 0 amide bonds. The van der Waals surface area contributed by atoms with Crippen molar-refractivity contribution < 1.29 is 22.7 Å². The fraction of sp³-hybridized carbons (Fsp3) is 0.280. The van der Waals surface area contributed by atoms with E-state index >= 15 is 0 Å². The minimum atomic E-state index is -4.58. The molecule has 3 unspecified atom stereocenters. The molecule has 1 aliphatic heterocycles. The maximum atomic E-state index is 14.3. The average molecular weight is 455 g/mol. The van der Waals surface area contributed by atoms with Gasteiger partial charge in [0.25, 0.3) is 0 Å². The summed E-state index contributed by atoms with van der Waals surface area (Å²) in [6.45, 7) is 3.38. The average Bonchev–Trinajstić information content (AvgIpc) is 3.15. The van der Waals surface area contributed by atoms with Gasteiger partial charge >= 0.3 is 6.18 Å². The number of allylic oxidation sites excluding steroid dienone is 1. The van der Waals surface area contributed by atoms with Crippen LogP contribution in [0.15, 0.2) is 72.6 Å². The summed E-state index contributed by atoms with van der Waals surface area (Å²) in [5, 5.41) is 4.50. The number of fused-ring (bicyclic) bond motifs is 1. The molecule has 1 aromatic heterocycles. The number of benzene rings is 2. The molecule has 5 nitrogen and oxygen atoms in total. The molecule has 0 N–H and O–H groups in total. The quantitative estimate of drug-likeness (QED) is 0.444. The van der Waals surface area contributed by atoms with Crippen LogP contribution in [0.5, 0.6) is 0 Å². The number of carbonyl (C=O) groups is 1. The van der Waals surface area contributed by atoms with Crippen LogP contribution in [0.1, 0.15) is 36.9 Å². The van der Waals surface area contributed by atoms with Crippen molar-refractivity contribution in [1.29, 1.82) is 0 Å². The monoisotopic (exact) mass is 455 g/mol. The fourth-order valence-electron chi connectivity index (χ4n) is 4.15. The first kappa shape index (κ1) is 22.6. The topological polar surface area (TPSA) is 47.4 Å². The van der Waals surface area contributed by atoms with Gasteiger partial charge in [0.15, 0.2) is 18.3 Å². The number of alkyl halides is 3. The molecule has 0 saturated heterocycles. The highest BCUT2D eigenvalue weighted by Gasteiger charge is 2.49. The summed E-state index contributed by atoms with van der Waals surface area (Å²) < 4.78 is 50.2. The molecule has 3 atom stereocenters. The third-order valence-electron chi connectivity index (χ3n) is 5.71. The highest BCUT2D eigenvalue weighted by Crippen LogP contribution is 2.51. The van der Waals surface area contributed by atoms with E-state index < -0.39 is 18.2 Å². The number of aldehydes is 1. The Morgan fingerprint density at radius 3 is 2.21 bits per heavy atom. The molecule has 0 saturated carbocycles. The van der Waals surface area contributed by atoms with E-state index in [9.17, 15) is 18.0 Å². The van der Waals surface area contributed by atoms with E-state index in [1.807, 2.05) is 37.3 Å². The van der Waals surface area contributed by atoms with E-state index in [0.29, 0.717) is 11.8 Å². The van der Waals surface area contributed by atoms with Crippen LogP contribution in [0.4, 0.5) is 19.0 Å². The zero-order valence-corrected chi connectivity index (χ0v) is 18.5. The van der Waals surface area contributed by atoms with Gasteiger partial charge in [0, 0.05) is 18.2 Å². The first-order valence-electron chi connectivity index (χ1n) is 10.6. The molecule has 0 radical (unpaired) electrons. The third-order valence-corrected chi connectivity index (χ3v) is 5.71. The number of ether oxygens (including phenoxy) is 1. The van der Waals surface area contributed by atoms with E-state index in [1.54, 1.807) is 42.3 Å². The maximum absolute atomic E-state index is 14.3. The first-order chi connectivity index (χ1) is 15.7. The van der Waals surface area contributed by atoms with Crippen LogP contribution in [0.2, 0.25) is 0 Å². The van der Waals surface area contributed by atoms with E-state index in [-0.39, 0.29) is 29.0 Å². The second-order valence-corrected chi connectivity index (χ2v) is 8.02. The van der Waals surface area contributed by atoms with Crippen LogP contribution in [0.3, 0.4) is 0 Å². The van der Waals surface area contributed by atoms with Gasteiger partial charge in [0.2, 0.25) is 0 Å². The largest absolute Gasteiger partial charge is 0.468 e. The van der Waals surface area contributed by atoms with Gasteiger partial charge < -0.3 is 4.74 Å². The van der Waals surface area contributed by atoms with E-state index in [0.717, 1.165) is 11.6 Å². The van der Waals surface area contributed by atoms with Crippen LogP contribution < -0.4 is 4.90 Å². The number of halogens is 3. The lowest BCUT2D eigenvalue weighted by molar-refractivity contribution is -0.140. The van der Waals surface area contributed by atoms with Gasteiger partial charge in [0.1, 0.15) is 11.7 Å². The molecule has 0 aliphatic carbocycles. The molecular weight excluding hydrogens is 431 g/mol. The molecule has 172 valence electrons. The van der Waals surface area contributed by atoms with Crippen LogP contribution >= 0.6 is 0 Å². The number of anilines is 1. The number of rotatable bonds is 6. The van der Waals surface area contributed by atoms with Crippen LogP contribution in [-0.2, 0) is 16.6 Å². The Hall–Kier alpha value is -3.55. The number of hydrogen-bond donors (Lipinski definition) is 0. The molecule has 2 aromatic carbocycles. The Bertz CT molecular complexity index is 1160. The Morgan fingerprint density at radius 2 is 1.64 bits per heavy atom. The van der Waals surface area contributed by atoms with Gasteiger partial charge in [0.05, 0.1) is 11.7 Å². The molecule has 4 rings (SSSR count). The van der Waals surface area contributed by atoms with Gasteiger partial charge in [-0.1, -0.05) is 60.7 Å². The molecule has 2 heterocycles. The zero-order chi connectivity index (χ0) is 23.8. The first-order valence-corrected chi connectivity index (χ1v) is 10.6. The lowest BCUT2D eigenvalue weighted by Gasteiger charge is -2.38. The van der Waals surface area contributed by atoms with Crippen molar-refractivity contribution in [3.05, 3.63) is 83.7 Å². The number of hydrogen-bond acceptors (Lipinski definition) is 4. The summed E-state index contributed by atoms with van der Waals surface area (Å²) in [5.74, 6) is -1.68. The Balaban J connectivity index is 1.97. The summed E-state index contributed by atoms with van der Waals surface area (Å²) >= 11 is 0. The Labute approximate surface area is 190 Å². The zero-order valence-electron chi connectivity index (χ0n) is 18.5. The molecule has 0 spiro atoms. The summed E-state index contributed by atoms with van der Waals surface area (Å²) in [6, 6.07) is 17.8. The maximum Gasteiger partial charge on any atom is 0.399 e. The van der Waals surface area contributed by atoms with Crippen molar-refractivity contribution in [2.75, 3.05) is 4.90 Å². The second kappa shape index (κ2) is 8.77. The molecule has 8 heteroatoms.